The van der Waals surface area contributed by atoms with Gasteiger partial charge in [0.05, 0.1) is 5.69 Å². The maximum Gasteiger partial charge on any atom is 0.193 e. The van der Waals surface area contributed by atoms with Gasteiger partial charge in [0, 0.05) is 12.0 Å². The van der Waals surface area contributed by atoms with Gasteiger partial charge in [-0.3, -0.25) is 0 Å². The molecule has 0 spiro atoms. The number of fused-ring (bicyclic) bond motifs is 1. The fourth-order valence-corrected chi connectivity index (χ4v) is 1.97. The van der Waals surface area contributed by atoms with Gasteiger partial charge in [-0.1, -0.05) is 30.3 Å². The Kier molecular flexibility index (Phi) is 2.81. The maximum absolute atomic E-state index is 13.0. The zero-order chi connectivity index (χ0) is 12.4. The predicted octanol–water partition coefficient (Wildman–Crippen LogP) is 3.63. The Morgan fingerprint density at radius 1 is 1.11 bits per heavy atom. The van der Waals surface area contributed by atoms with Crippen molar-refractivity contribution in [1.82, 2.24) is 0 Å². The molecule has 0 fully saturated rings. The van der Waals surface area contributed by atoms with Crippen LogP contribution in [0.3, 0.4) is 0 Å². The number of hydrogen-bond acceptors (Lipinski definition) is 2. The van der Waals surface area contributed by atoms with Crippen molar-refractivity contribution in [3.63, 3.8) is 0 Å². The number of rotatable bonds is 2. The molecule has 2 nitrogen and oxygen atoms in total. The molecule has 3 heteroatoms. The molecule has 0 aromatic heterocycles. The van der Waals surface area contributed by atoms with E-state index in [2.05, 4.69) is 4.99 Å². The summed E-state index contributed by atoms with van der Waals surface area (Å²) in [6.07, 6.45) is 0.664. The second kappa shape index (κ2) is 4.61. The van der Waals surface area contributed by atoms with Crippen LogP contribution in [0, 0.1) is 5.82 Å². The molecule has 18 heavy (non-hydrogen) atoms. The van der Waals surface area contributed by atoms with Crippen LogP contribution in [0.15, 0.2) is 53.5 Å². The highest BCUT2D eigenvalue weighted by Crippen LogP contribution is 2.26. The third-order valence-corrected chi connectivity index (χ3v) is 2.88. The third-order valence-electron chi connectivity index (χ3n) is 2.88. The molecule has 1 heterocycles. The Bertz CT molecular complexity index is 593. The average Bonchev–Trinajstić information content (AvgIpc) is 2.40. The average molecular weight is 241 g/mol. The SMILES string of the molecule is Fc1ccc2c(c1)COC(Cc1ccccc1)=N2. The Balaban J connectivity index is 1.85. The molecule has 90 valence electrons. The van der Waals surface area contributed by atoms with Crippen LogP contribution in [0.25, 0.3) is 0 Å². The first-order valence-corrected chi connectivity index (χ1v) is 5.84. The number of hydrogen-bond donors (Lipinski definition) is 0. The van der Waals surface area contributed by atoms with Crippen molar-refractivity contribution >= 4 is 11.6 Å². The van der Waals surface area contributed by atoms with Crippen LogP contribution < -0.4 is 0 Å². The van der Waals surface area contributed by atoms with Gasteiger partial charge in [0.25, 0.3) is 0 Å². The van der Waals surface area contributed by atoms with Crippen LogP contribution in [0.2, 0.25) is 0 Å². The summed E-state index contributed by atoms with van der Waals surface area (Å²) in [4.78, 5) is 4.41. The van der Waals surface area contributed by atoms with E-state index in [1.54, 1.807) is 6.07 Å². The first-order valence-electron chi connectivity index (χ1n) is 5.84. The molecule has 2 aromatic rings. The summed E-state index contributed by atoms with van der Waals surface area (Å²) in [6, 6.07) is 14.6. The standard InChI is InChI=1S/C15H12FNO/c16-13-6-7-14-12(9-13)10-18-15(17-14)8-11-4-2-1-3-5-11/h1-7,9H,8,10H2. The molecule has 0 amide bonds. The molecule has 2 aromatic carbocycles. The van der Waals surface area contributed by atoms with Crippen molar-refractivity contribution in [3.8, 4) is 0 Å². The predicted molar refractivity (Wildman–Crippen MR) is 68.4 cm³/mol. The van der Waals surface area contributed by atoms with Crippen LogP contribution in [-0.4, -0.2) is 5.90 Å². The highest BCUT2D eigenvalue weighted by Gasteiger charge is 2.13. The highest BCUT2D eigenvalue weighted by molar-refractivity contribution is 5.83. The second-order valence-electron chi connectivity index (χ2n) is 4.23. The fraction of sp³-hybridized carbons (Fsp3) is 0.133. The normalized spacial score (nSPS) is 13.5. The molecule has 1 aliphatic rings. The van der Waals surface area contributed by atoms with Crippen LogP contribution >= 0.6 is 0 Å². The number of ether oxygens (including phenoxy) is 1. The molecule has 0 unspecified atom stereocenters. The van der Waals surface area contributed by atoms with Gasteiger partial charge in [0.2, 0.25) is 0 Å². The van der Waals surface area contributed by atoms with Crippen molar-refractivity contribution in [2.45, 2.75) is 13.0 Å². The van der Waals surface area contributed by atoms with E-state index >= 15 is 0 Å². The lowest BCUT2D eigenvalue weighted by atomic mass is 10.1. The van der Waals surface area contributed by atoms with Crippen molar-refractivity contribution in [2.75, 3.05) is 0 Å². The quantitative estimate of drug-likeness (QED) is 0.786. The Morgan fingerprint density at radius 3 is 2.78 bits per heavy atom. The number of halogens is 1. The maximum atomic E-state index is 13.0. The van der Waals surface area contributed by atoms with Crippen LogP contribution in [0.4, 0.5) is 10.1 Å². The number of benzene rings is 2. The Hall–Kier alpha value is -2.16. The topological polar surface area (TPSA) is 21.6 Å². The number of nitrogens with zero attached hydrogens (tertiary/aromatic N) is 1. The molecular weight excluding hydrogens is 229 g/mol. The first-order chi connectivity index (χ1) is 8.81. The lowest BCUT2D eigenvalue weighted by molar-refractivity contribution is 0.280. The molecule has 3 rings (SSSR count). The third kappa shape index (κ3) is 2.25. The van der Waals surface area contributed by atoms with E-state index in [0.717, 1.165) is 16.8 Å². The molecular formula is C15H12FNO. The number of aliphatic imine (C=N–C) groups is 1. The zero-order valence-electron chi connectivity index (χ0n) is 9.77. The smallest absolute Gasteiger partial charge is 0.193 e. The Labute approximate surface area is 105 Å². The van der Waals surface area contributed by atoms with E-state index in [9.17, 15) is 4.39 Å². The summed E-state index contributed by atoms with van der Waals surface area (Å²) in [5, 5.41) is 0. The van der Waals surface area contributed by atoms with E-state index in [1.165, 1.54) is 12.1 Å². The van der Waals surface area contributed by atoms with Gasteiger partial charge >= 0.3 is 0 Å². The molecule has 0 aliphatic carbocycles. The summed E-state index contributed by atoms with van der Waals surface area (Å²) in [5.41, 5.74) is 2.75. The lowest BCUT2D eigenvalue weighted by Gasteiger charge is -2.16. The largest absolute Gasteiger partial charge is 0.476 e. The van der Waals surface area contributed by atoms with Crippen LogP contribution in [0.5, 0.6) is 0 Å². The van der Waals surface area contributed by atoms with E-state index in [-0.39, 0.29) is 5.82 Å². The van der Waals surface area contributed by atoms with Crippen molar-refractivity contribution in [3.05, 3.63) is 65.5 Å². The molecule has 0 bridgehead atoms. The molecule has 0 saturated carbocycles. The molecule has 1 aliphatic heterocycles. The minimum absolute atomic E-state index is 0.251. The second-order valence-corrected chi connectivity index (χ2v) is 4.23. The van der Waals surface area contributed by atoms with E-state index in [1.807, 2.05) is 30.3 Å². The first kappa shape index (κ1) is 11.0. The molecule has 0 N–H and O–H groups in total. The fourth-order valence-electron chi connectivity index (χ4n) is 1.97. The van der Waals surface area contributed by atoms with Gasteiger partial charge in [0.15, 0.2) is 5.90 Å². The summed E-state index contributed by atoms with van der Waals surface area (Å²) < 4.78 is 18.6. The van der Waals surface area contributed by atoms with Gasteiger partial charge in [-0.15, -0.1) is 0 Å². The monoisotopic (exact) mass is 241 g/mol. The molecule has 0 radical (unpaired) electrons. The van der Waals surface area contributed by atoms with Gasteiger partial charge in [-0.25, -0.2) is 9.38 Å². The van der Waals surface area contributed by atoms with Crippen LogP contribution in [0.1, 0.15) is 11.1 Å². The van der Waals surface area contributed by atoms with Gasteiger partial charge < -0.3 is 4.74 Å². The van der Waals surface area contributed by atoms with Gasteiger partial charge in [0.1, 0.15) is 12.4 Å². The Morgan fingerprint density at radius 2 is 1.94 bits per heavy atom. The van der Waals surface area contributed by atoms with E-state index in [0.29, 0.717) is 18.9 Å². The highest BCUT2D eigenvalue weighted by atomic mass is 19.1. The minimum Gasteiger partial charge on any atom is -0.476 e. The molecule has 0 saturated heterocycles. The van der Waals surface area contributed by atoms with Crippen molar-refractivity contribution in [1.29, 1.82) is 0 Å². The summed E-state index contributed by atoms with van der Waals surface area (Å²) in [7, 11) is 0. The van der Waals surface area contributed by atoms with Crippen molar-refractivity contribution < 1.29 is 9.13 Å². The van der Waals surface area contributed by atoms with Gasteiger partial charge in [-0.2, -0.15) is 0 Å². The summed E-state index contributed by atoms with van der Waals surface area (Å²) in [6.45, 7) is 0.388. The van der Waals surface area contributed by atoms with E-state index < -0.39 is 0 Å². The van der Waals surface area contributed by atoms with Crippen molar-refractivity contribution in [2.24, 2.45) is 4.99 Å². The van der Waals surface area contributed by atoms with E-state index in [4.69, 9.17) is 4.74 Å². The minimum atomic E-state index is -0.251. The summed E-state index contributed by atoms with van der Waals surface area (Å²) >= 11 is 0. The molecule has 0 atom stereocenters. The van der Waals surface area contributed by atoms with Crippen LogP contribution in [-0.2, 0) is 17.8 Å². The lowest BCUT2D eigenvalue weighted by Crippen LogP contribution is -2.12. The van der Waals surface area contributed by atoms with Gasteiger partial charge in [-0.05, 0) is 23.8 Å². The summed E-state index contributed by atoms with van der Waals surface area (Å²) in [5.74, 6) is 0.430. The zero-order valence-corrected chi connectivity index (χ0v) is 9.77.